The number of rotatable bonds is 2. The quantitative estimate of drug-likeness (QED) is 0.861. The van der Waals surface area contributed by atoms with Crippen molar-refractivity contribution in [3.63, 3.8) is 0 Å². The Kier molecular flexibility index (Phi) is 4.56. The smallest absolute Gasteiger partial charge is 0.254 e. The lowest BCUT2D eigenvalue weighted by molar-refractivity contribution is -0.150. The molecule has 26 heavy (non-hydrogen) atoms. The van der Waals surface area contributed by atoms with E-state index in [4.69, 9.17) is 10.5 Å². The first kappa shape index (κ1) is 17.3. The summed E-state index contributed by atoms with van der Waals surface area (Å²) in [7, 11) is 0. The second-order valence-electron chi connectivity index (χ2n) is 7.67. The summed E-state index contributed by atoms with van der Waals surface area (Å²) in [5.74, 6) is 0.511. The van der Waals surface area contributed by atoms with Crippen LogP contribution in [0.3, 0.4) is 0 Å². The number of carbonyl (C=O) groups excluding carboxylic acids is 2. The van der Waals surface area contributed by atoms with Crippen LogP contribution >= 0.6 is 0 Å². The Morgan fingerprint density at radius 2 is 2.08 bits per heavy atom. The van der Waals surface area contributed by atoms with Crippen molar-refractivity contribution in [1.82, 2.24) is 14.8 Å². The minimum absolute atomic E-state index is 0.0630. The van der Waals surface area contributed by atoms with Gasteiger partial charge in [-0.2, -0.15) is 0 Å². The normalized spacial score (nSPS) is 27.3. The molecule has 7 heteroatoms. The minimum Gasteiger partial charge on any atom is -0.384 e. The standard InChI is InChI=1S/C19H26N4O3/c20-16-12-14(2-7-21-16)17(24)22-9-6-19(13-22)5-1-8-23(18(19)25)15-3-10-26-11-4-15/h2,7,12,15H,1,3-6,8-11,13H2,(H2,20,21)/t19-/m0/s1. The molecule has 0 radical (unpaired) electrons. The number of nitrogens with two attached hydrogens (primary N) is 1. The van der Waals surface area contributed by atoms with Gasteiger partial charge >= 0.3 is 0 Å². The van der Waals surface area contributed by atoms with Gasteiger partial charge in [-0.15, -0.1) is 0 Å². The van der Waals surface area contributed by atoms with Gasteiger partial charge in [-0.3, -0.25) is 9.59 Å². The lowest BCUT2D eigenvalue weighted by Gasteiger charge is -2.44. The summed E-state index contributed by atoms with van der Waals surface area (Å²) in [6, 6.07) is 3.57. The van der Waals surface area contributed by atoms with Gasteiger partial charge in [0.1, 0.15) is 5.82 Å². The number of piperidine rings is 1. The molecular formula is C19H26N4O3. The number of likely N-dealkylation sites (tertiary alicyclic amines) is 2. The predicted molar refractivity (Wildman–Crippen MR) is 96.4 cm³/mol. The first-order chi connectivity index (χ1) is 12.6. The largest absolute Gasteiger partial charge is 0.384 e. The third-order valence-corrected chi connectivity index (χ3v) is 6.07. The highest BCUT2D eigenvalue weighted by atomic mass is 16.5. The van der Waals surface area contributed by atoms with Crippen molar-refractivity contribution in [3.8, 4) is 0 Å². The first-order valence-electron chi connectivity index (χ1n) is 9.49. The summed E-state index contributed by atoms with van der Waals surface area (Å²) in [5, 5.41) is 0. The summed E-state index contributed by atoms with van der Waals surface area (Å²) >= 11 is 0. The molecule has 2 amide bonds. The summed E-state index contributed by atoms with van der Waals surface area (Å²) < 4.78 is 5.44. The number of anilines is 1. The summed E-state index contributed by atoms with van der Waals surface area (Å²) in [4.78, 5) is 34.0. The molecular weight excluding hydrogens is 332 g/mol. The number of pyridine rings is 1. The highest BCUT2D eigenvalue weighted by Crippen LogP contribution is 2.41. The molecule has 4 rings (SSSR count). The molecule has 0 unspecified atom stereocenters. The fraction of sp³-hybridized carbons (Fsp3) is 0.632. The van der Waals surface area contributed by atoms with E-state index in [1.54, 1.807) is 23.2 Å². The third kappa shape index (κ3) is 3.05. The fourth-order valence-corrected chi connectivity index (χ4v) is 4.63. The van der Waals surface area contributed by atoms with E-state index in [-0.39, 0.29) is 17.9 Å². The van der Waals surface area contributed by atoms with E-state index >= 15 is 0 Å². The average Bonchev–Trinajstić information content (AvgIpc) is 3.09. The van der Waals surface area contributed by atoms with E-state index < -0.39 is 5.41 Å². The van der Waals surface area contributed by atoms with Crippen LogP contribution in [0.1, 0.15) is 42.5 Å². The SMILES string of the molecule is Nc1cc(C(=O)N2CC[C@@]3(CCCN(C4CCOCC4)C3=O)C2)ccn1. The topological polar surface area (TPSA) is 88.8 Å². The lowest BCUT2D eigenvalue weighted by atomic mass is 9.77. The molecule has 4 heterocycles. The highest BCUT2D eigenvalue weighted by Gasteiger charge is 2.50. The van der Waals surface area contributed by atoms with Crippen molar-refractivity contribution in [2.45, 2.75) is 38.1 Å². The summed E-state index contributed by atoms with van der Waals surface area (Å²) in [6.07, 6.45) is 6.01. The van der Waals surface area contributed by atoms with Crippen LogP contribution in [0.2, 0.25) is 0 Å². The number of aromatic nitrogens is 1. The van der Waals surface area contributed by atoms with Crippen LogP contribution in [0.4, 0.5) is 5.82 Å². The Bertz CT molecular complexity index is 704. The number of nitrogens with zero attached hydrogens (tertiary/aromatic N) is 3. The van der Waals surface area contributed by atoms with E-state index in [1.807, 2.05) is 0 Å². The van der Waals surface area contributed by atoms with Crippen molar-refractivity contribution >= 4 is 17.6 Å². The number of amides is 2. The molecule has 1 aromatic heterocycles. The molecule has 1 spiro atoms. The Labute approximate surface area is 153 Å². The van der Waals surface area contributed by atoms with Crippen LogP contribution in [-0.4, -0.2) is 65.5 Å². The molecule has 3 fully saturated rings. The van der Waals surface area contributed by atoms with Gasteiger partial charge in [0.05, 0.1) is 5.41 Å². The lowest BCUT2D eigenvalue weighted by Crippen LogP contribution is -2.55. The number of carbonyl (C=O) groups is 2. The molecule has 0 aliphatic carbocycles. The van der Waals surface area contributed by atoms with Gasteiger partial charge < -0.3 is 20.3 Å². The van der Waals surface area contributed by atoms with E-state index in [0.717, 1.165) is 51.9 Å². The van der Waals surface area contributed by atoms with E-state index in [1.165, 1.54) is 0 Å². The molecule has 3 aliphatic heterocycles. The number of hydrogen-bond acceptors (Lipinski definition) is 5. The molecule has 3 saturated heterocycles. The maximum atomic E-state index is 13.3. The van der Waals surface area contributed by atoms with Gasteiger partial charge in [0.25, 0.3) is 5.91 Å². The van der Waals surface area contributed by atoms with E-state index in [2.05, 4.69) is 9.88 Å². The Hall–Kier alpha value is -2.15. The maximum Gasteiger partial charge on any atom is 0.254 e. The number of nitrogen functional groups attached to an aromatic ring is 1. The Balaban J connectivity index is 1.49. The minimum atomic E-state index is -0.412. The Morgan fingerprint density at radius 3 is 2.85 bits per heavy atom. The summed E-state index contributed by atoms with van der Waals surface area (Å²) in [6.45, 7) is 3.42. The average molecular weight is 358 g/mol. The maximum absolute atomic E-state index is 13.3. The van der Waals surface area contributed by atoms with E-state index in [9.17, 15) is 9.59 Å². The van der Waals surface area contributed by atoms with Gasteiger partial charge in [0.2, 0.25) is 5.91 Å². The number of ether oxygens (including phenoxy) is 1. The zero-order valence-corrected chi connectivity index (χ0v) is 15.0. The zero-order chi connectivity index (χ0) is 18.1. The second kappa shape index (κ2) is 6.87. The molecule has 1 atom stereocenters. The van der Waals surface area contributed by atoms with Crippen LogP contribution in [0, 0.1) is 5.41 Å². The fourth-order valence-electron chi connectivity index (χ4n) is 4.63. The molecule has 3 aliphatic rings. The van der Waals surface area contributed by atoms with Gasteiger partial charge in [-0.05, 0) is 44.2 Å². The zero-order valence-electron chi connectivity index (χ0n) is 15.0. The van der Waals surface area contributed by atoms with Crippen molar-refractivity contribution < 1.29 is 14.3 Å². The van der Waals surface area contributed by atoms with Crippen molar-refractivity contribution in [1.29, 1.82) is 0 Å². The van der Waals surface area contributed by atoms with Crippen molar-refractivity contribution in [2.24, 2.45) is 5.41 Å². The summed E-state index contributed by atoms with van der Waals surface area (Å²) in [5.41, 5.74) is 5.83. The van der Waals surface area contributed by atoms with Crippen molar-refractivity contribution in [3.05, 3.63) is 23.9 Å². The van der Waals surface area contributed by atoms with Crippen LogP contribution in [0.5, 0.6) is 0 Å². The van der Waals surface area contributed by atoms with Crippen LogP contribution in [0.15, 0.2) is 18.3 Å². The highest BCUT2D eigenvalue weighted by molar-refractivity contribution is 5.96. The van der Waals surface area contributed by atoms with Crippen LogP contribution in [-0.2, 0) is 9.53 Å². The van der Waals surface area contributed by atoms with Crippen molar-refractivity contribution in [2.75, 3.05) is 38.6 Å². The molecule has 0 saturated carbocycles. The monoisotopic (exact) mass is 358 g/mol. The van der Waals surface area contributed by atoms with Crippen LogP contribution < -0.4 is 5.73 Å². The van der Waals surface area contributed by atoms with Gasteiger partial charge in [0, 0.05) is 50.7 Å². The first-order valence-corrected chi connectivity index (χ1v) is 9.49. The molecule has 0 aromatic carbocycles. The van der Waals surface area contributed by atoms with Gasteiger partial charge in [-0.1, -0.05) is 0 Å². The molecule has 0 bridgehead atoms. The predicted octanol–water partition coefficient (Wildman–Crippen LogP) is 1.30. The Morgan fingerprint density at radius 1 is 1.27 bits per heavy atom. The second-order valence-corrected chi connectivity index (χ2v) is 7.67. The van der Waals surface area contributed by atoms with E-state index in [0.29, 0.717) is 24.5 Å². The molecule has 1 aromatic rings. The van der Waals surface area contributed by atoms with Crippen LogP contribution in [0.25, 0.3) is 0 Å². The van der Waals surface area contributed by atoms with Gasteiger partial charge in [0.15, 0.2) is 0 Å². The molecule has 2 N–H and O–H groups in total. The third-order valence-electron chi connectivity index (χ3n) is 6.07. The van der Waals surface area contributed by atoms with Gasteiger partial charge in [-0.25, -0.2) is 4.98 Å². The molecule has 7 nitrogen and oxygen atoms in total. The molecule has 140 valence electrons. The number of hydrogen-bond donors (Lipinski definition) is 1.